The zero-order valence-corrected chi connectivity index (χ0v) is 15.9. The number of nitrogens with zero attached hydrogens (tertiary/aromatic N) is 2. The molecular weight excluding hydrogens is 341 g/mol. The van der Waals surface area contributed by atoms with Crippen molar-refractivity contribution in [1.29, 1.82) is 0 Å². The van der Waals surface area contributed by atoms with E-state index in [1.54, 1.807) is 12.1 Å². The topological polar surface area (TPSA) is 35.6 Å². The summed E-state index contributed by atoms with van der Waals surface area (Å²) in [7, 11) is 0. The number of halogens is 1. The molecule has 1 saturated heterocycles. The number of hydrogen-bond acceptors (Lipinski definition) is 3. The highest BCUT2D eigenvalue weighted by molar-refractivity contribution is 5.92. The molecule has 5 aliphatic rings. The van der Waals surface area contributed by atoms with Crippen molar-refractivity contribution >= 4 is 11.6 Å². The lowest BCUT2D eigenvalue weighted by Crippen LogP contribution is -2.60. The normalized spacial score (nSPS) is 36.1. The highest BCUT2D eigenvalue weighted by Crippen LogP contribution is 2.55. The molecule has 27 heavy (non-hydrogen) atoms. The van der Waals surface area contributed by atoms with Crippen LogP contribution in [0.5, 0.6) is 0 Å². The quantitative estimate of drug-likeness (QED) is 0.883. The van der Waals surface area contributed by atoms with E-state index in [9.17, 15) is 9.18 Å². The van der Waals surface area contributed by atoms with Gasteiger partial charge in [-0.05, 0) is 80.0 Å². The van der Waals surface area contributed by atoms with E-state index in [-0.39, 0.29) is 11.7 Å². The molecule has 4 bridgehead atoms. The summed E-state index contributed by atoms with van der Waals surface area (Å²) < 4.78 is 13.0. The third-order valence-electron chi connectivity index (χ3n) is 7.50. The Morgan fingerprint density at radius 2 is 1.52 bits per heavy atom. The van der Waals surface area contributed by atoms with E-state index < -0.39 is 0 Å². The van der Waals surface area contributed by atoms with Crippen molar-refractivity contribution in [2.45, 2.75) is 38.1 Å². The minimum Gasteiger partial charge on any atom is -0.325 e. The van der Waals surface area contributed by atoms with Gasteiger partial charge in [-0.2, -0.15) is 0 Å². The third kappa shape index (κ3) is 3.64. The summed E-state index contributed by atoms with van der Waals surface area (Å²) in [6.45, 7) is 4.56. The lowest BCUT2D eigenvalue weighted by molar-refractivity contribution is -0.118. The molecule has 0 aromatic heterocycles. The molecule has 4 saturated carbocycles. The Kier molecular flexibility index (Phi) is 4.68. The Morgan fingerprint density at radius 3 is 2.11 bits per heavy atom. The van der Waals surface area contributed by atoms with Gasteiger partial charge < -0.3 is 5.32 Å². The van der Waals surface area contributed by atoms with E-state index in [1.165, 1.54) is 44.2 Å². The molecule has 5 heteroatoms. The van der Waals surface area contributed by atoms with Crippen molar-refractivity contribution in [3.05, 3.63) is 30.1 Å². The molecule has 5 fully saturated rings. The number of hydrogen-bond donors (Lipinski definition) is 1. The molecule has 4 aliphatic carbocycles. The average Bonchev–Trinajstić information content (AvgIpc) is 2.64. The van der Waals surface area contributed by atoms with E-state index in [4.69, 9.17) is 0 Å². The van der Waals surface area contributed by atoms with E-state index in [2.05, 4.69) is 15.1 Å². The molecule has 1 N–H and O–H groups in total. The van der Waals surface area contributed by atoms with Crippen LogP contribution >= 0.6 is 0 Å². The smallest absolute Gasteiger partial charge is 0.238 e. The number of anilines is 1. The Balaban J connectivity index is 1.12. The highest BCUT2D eigenvalue weighted by atomic mass is 19.1. The van der Waals surface area contributed by atoms with Crippen LogP contribution < -0.4 is 5.32 Å². The second kappa shape index (κ2) is 7.17. The summed E-state index contributed by atoms with van der Waals surface area (Å²) in [6.07, 6.45) is 7.39. The predicted molar refractivity (Wildman–Crippen MR) is 104 cm³/mol. The molecule has 4 nitrogen and oxygen atoms in total. The Hall–Kier alpha value is -1.46. The summed E-state index contributed by atoms with van der Waals surface area (Å²) in [5, 5.41) is 2.87. The standard InChI is InChI=1S/C22H30FN3O/c23-19-1-3-20(4-2-19)24-21(27)14-25-5-7-26(8-6-25)22-17-10-15-9-16(12-17)13-18(22)11-15/h1-4,15-18,22H,5-14H2,(H,24,27). The van der Waals surface area contributed by atoms with Crippen LogP contribution in [0.1, 0.15) is 32.1 Å². The predicted octanol–water partition coefficient (Wildman–Crippen LogP) is 3.21. The summed E-state index contributed by atoms with van der Waals surface area (Å²) in [5.74, 6) is 3.64. The van der Waals surface area contributed by atoms with Crippen LogP contribution in [0.4, 0.5) is 10.1 Å². The van der Waals surface area contributed by atoms with Crippen LogP contribution in [0.2, 0.25) is 0 Å². The van der Waals surface area contributed by atoms with Crippen LogP contribution in [-0.4, -0.2) is 54.5 Å². The van der Waals surface area contributed by atoms with Gasteiger partial charge in [-0.3, -0.25) is 14.6 Å². The first kappa shape index (κ1) is 17.6. The zero-order chi connectivity index (χ0) is 18.4. The second-order valence-electron chi connectivity index (χ2n) is 9.29. The molecule has 0 radical (unpaired) electrons. The number of carbonyl (C=O) groups excluding carboxylic acids is 1. The lowest BCUT2D eigenvalue weighted by atomic mass is 9.54. The highest BCUT2D eigenvalue weighted by Gasteiger charge is 2.50. The monoisotopic (exact) mass is 371 g/mol. The Bertz CT molecular complexity index is 655. The van der Waals surface area contributed by atoms with E-state index in [0.717, 1.165) is 55.9 Å². The first-order valence-corrected chi connectivity index (χ1v) is 10.7. The summed E-state index contributed by atoms with van der Waals surface area (Å²) in [5.41, 5.74) is 0.661. The summed E-state index contributed by atoms with van der Waals surface area (Å²) >= 11 is 0. The SMILES string of the molecule is O=C(CN1CCN(C2C3CC4CC(C3)CC2C4)CC1)Nc1ccc(F)cc1. The largest absolute Gasteiger partial charge is 0.325 e. The molecule has 0 spiro atoms. The van der Waals surface area contributed by atoms with Crippen molar-refractivity contribution in [2.75, 3.05) is 38.0 Å². The first-order valence-electron chi connectivity index (χ1n) is 10.7. The average molecular weight is 372 g/mol. The van der Waals surface area contributed by atoms with Crippen LogP contribution in [0.3, 0.4) is 0 Å². The molecule has 146 valence electrons. The minimum absolute atomic E-state index is 0.00955. The van der Waals surface area contributed by atoms with Crippen molar-refractivity contribution in [1.82, 2.24) is 9.80 Å². The molecule has 0 unspecified atom stereocenters. The number of amides is 1. The van der Waals surface area contributed by atoms with E-state index in [0.29, 0.717) is 12.2 Å². The van der Waals surface area contributed by atoms with Crippen molar-refractivity contribution in [3.8, 4) is 0 Å². The van der Waals surface area contributed by atoms with Crippen molar-refractivity contribution in [2.24, 2.45) is 23.7 Å². The Morgan fingerprint density at radius 1 is 0.926 bits per heavy atom. The van der Waals surface area contributed by atoms with Crippen LogP contribution in [0.15, 0.2) is 24.3 Å². The first-order chi connectivity index (χ1) is 13.1. The number of piperazine rings is 1. The molecule has 6 rings (SSSR count). The maximum absolute atomic E-state index is 13.0. The molecule has 1 amide bonds. The zero-order valence-electron chi connectivity index (χ0n) is 15.9. The molecule has 0 atom stereocenters. The summed E-state index contributed by atoms with van der Waals surface area (Å²) in [4.78, 5) is 17.3. The van der Waals surface area contributed by atoms with Gasteiger partial charge in [-0.25, -0.2) is 4.39 Å². The van der Waals surface area contributed by atoms with Crippen LogP contribution in [-0.2, 0) is 4.79 Å². The minimum atomic E-state index is -0.283. The van der Waals surface area contributed by atoms with Gasteiger partial charge in [0.2, 0.25) is 5.91 Å². The number of carbonyl (C=O) groups is 1. The third-order valence-corrected chi connectivity index (χ3v) is 7.50. The van der Waals surface area contributed by atoms with E-state index in [1.807, 2.05) is 0 Å². The number of benzene rings is 1. The van der Waals surface area contributed by atoms with Gasteiger partial charge >= 0.3 is 0 Å². The van der Waals surface area contributed by atoms with Crippen molar-refractivity contribution < 1.29 is 9.18 Å². The van der Waals surface area contributed by atoms with E-state index >= 15 is 0 Å². The Labute approximate surface area is 161 Å². The fourth-order valence-corrected chi connectivity index (χ4v) is 6.65. The van der Waals surface area contributed by atoms with Gasteiger partial charge in [0.1, 0.15) is 5.82 Å². The van der Waals surface area contributed by atoms with Gasteiger partial charge in [0.05, 0.1) is 6.54 Å². The molecular formula is C22H30FN3O. The molecule has 1 aromatic carbocycles. The lowest BCUT2D eigenvalue weighted by Gasteiger charge is -2.58. The second-order valence-corrected chi connectivity index (χ2v) is 9.29. The molecule has 1 heterocycles. The van der Waals surface area contributed by atoms with Gasteiger partial charge in [0.15, 0.2) is 0 Å². The maximum Gasteiger partial charge on any atom is 0.238 e. The summed E-state index contributed by atoms with van der Waals surface area (Å²) in [6, 6.07) is 6.78. The fourth-order valence-electron chi connectivity index (χ4n) is 6.65. The number of nitrogens with one attached hydrogen (secondary N) is 1. The van der Waals surface area contributed by atoms with Gasteiger partial charge in [-0.1, -0.05) is 0 Å². The van der Waals surface area contributed by atoms with Gasteiger partial charge in [0, 0.05) is 37.9 Å². The fraction of sp³-hybridized carbons (Fsp3) is 0.682. The van der Waals surface area contributed by atoms with Crippen molar-refractivity contribution in [3.63, 3.8) is 0 Å². The van der Waals surface area contributed by atoms with Crippen LogP contribution in [0.25, 0.3) is 0 Å². The molecule has 1 aromatic rings. The maximum atomic E-state index is 13.0. The van der Waals surface area contributed by atoms with Gasteiger partial charge in [0.25, 0.3) is 0 Å². The van der Waals surface area contributed by atoms with Crippen LogP contribution in [0, 0.1) is 29.5 Å². The molecule has 1 aliphatic heterocycles. The van der Waals surface area contributed by atoms with Gasteiger partial charge in [-0.15, -0.1) is 0 Å². The number of rotatable bonds is 4.